The molecule has 0 aromatic heterocycles. The van der Waals surface area contributed by atoms with Crippen LogP contribution in [0, 0.1) is 6.92 Å². The Balaban J connectivity index is 3.06. The molecule has 0 aliphatic heterocycles. The molecule has 1 aromatic rings. The Labute approximate surface area is 100.0 Å². The fourth-order valence-electron chi connectivity index (χ4n) is 1.01. The van der Waals surface area contributed by atoms with Crippen LogP contribution in [0.2, 0.25) is 0 Å². The SMILES string of the molecule is CCSC(=S)S(=O)(=O)c1ccc(C)cc1. The number of hydrogen-bond donors (Lipinski definition) is 0. The highest BCUT2D eigenvalue weighted by atomic mass is 32.3. The topological polar surface area (TPSA) is 34.1 Å². The summed E-state index contributed by atoms with van der Waals surface area (Å²) in [7, 11) is -3.42. The van der Waals surface area contributed by atoms with E-state index in [-0.39, 0.29) is 8.42 Å². The third-order valence-electron chi connectivity index (χ3n) is 1.81. The second-order valence-electron chi connectivity index (χ2n) is 3.00. The Kier molecular flexibility index (Phi) is 4.31. The van der Waals surface area contributed by atoms with Crippen LogP contribution in [0.3, 0.4) is 0 Å². The fraction of sp³-hybridized carbons (Fsp3) is 0.300. The van der Waals surface area contributed by atoms with Gasteiger partial charge in [0.05, 0.1) is 4.90 Å². The van der Waals surface area contributed by atoms with Crippen molar-refractivity contribution in [2.75, 3.05) is 5.75 Å². The van der Waals surface area contributed by atoms with Crippen LogP contribution in [0.15, 0.2) is 29.2 Å². The van der Waals surface area contributed by atoms with E-state index >= 15 is 0 Å². The number of aryl methyl sites for hydroxylation is 1. The van der Waals surface area contributed by atoms with Gasteiger partial charge in [0.25, 0.3) is 0 Å². The highest BCUT2D eigenvalue weighted by Crippen LogP contribution is 2.19. The summed E-state index contributed by atoms with van der Waals surface area (Å²) in [6.07, 6.45) is 0. The molecule has 0 spiro atoms. The average Bonchev–Trinajstić information content (AvgIpc) is 2.18. The highest BCUT2D eigenvalue weighted by molar-refractivity contribution is 8.44. The Bertz CT molecular complexity index is 446. The molecule has 0 fully saturated rings. The molecule has 0 bridgehead atoms. The van der Waals surface area contributed by atoms with E-state index in [0.29, 0.717) is 5.75 Å². The average molecular weight is 260 g/mol. The number of sulfone groups is 1. The molecule has 82 valence electrons. The summed E-state index contributed by atoms with van der Waals surface area (Å²) in [6, 6.07) is 6.72. The lowest BCUT2D eigenvalue weighted by atomic mass is 10.2. The van der Waals surface area contributed by atoms with E-state index < -0.39 is 9.84 Å². The molecule has 1 rings (SSSR count). The molecule has 0 N–H and O–H groups in total. The lowest BCUT2D eigenvalue weighted by Gasteiger charge is -2.04. The van der Waals surface area contributed by atoms with E-state index in [2.05, 4.69) is 0 Å². The largest absolute Gasteiger partial charge is 0.222 e. The Morgan fingerprint density at radius 1 is 1.33 bits per heavy atom. The summed E-state index contributed by atoms with van der Waals surface area (Å²) in [5.41, 5.74) is 1.03. The maximum Gasteiger partial charge on any atom is 0.222 e. The molecule has 0 saturated heterocycles. The van der Waals surface area contributed by atoms with Gasteiger partial charge in [-0.3, -0.25) is 0 Å². The van der Waals surface area contributed by atoms with Gasteiger partial charge >= 0.3 is 0 Å². The van der Waals surface area contributed by atoms with E-state index in [4.69, 9.17) is 12.2 Å². The molecule has 0 heterocycles. The van der Waals surface area contributed by atoms with Crippen LogP contribution < -0.4 is 0 Å². The van der Waals surface area contributed by atoms with Crippen molar-refractivity contribution in [1.82, 2.24) is 0 Å². The predicted octanol–water partition coefficient (Wildman–Crippen LogP) is 2.81. The van der Waals surface area contributed by atoms with Gasteiger partial charge in [0, 0.05) is 0 Å². The van der Waals surface area contributed by atoms with Gasteiger partial charge < -0.3 is 0 Å². The summed E-state index contributed by atoms with van der Waals surface area (Å²) in [4.78, 5) is 0.277. The van der Waals surface area contributed by atoms with Crippen LogP contribution in [0.4, 0.5) is 0 Å². The third kappa shape index (κ3) is 3.03. The normalized spacial score (nSPS) is 11.3. The van der Waals surface area contributed by atoms with Gasteiger partial charge in [-0.2, -0.15) is 0 Å². The number of benzene rings is 1. The van der Waals surface area contributed by atoms with Crippen LogP contribution in [0.1, 0.15) is 12.5 Å². The van der Waals surface area contributed by atoms with Crippen molar-refractivity contribution in [2.45, 2.75) is 18.7 Å². The van der Waals surface area contributed by atoms with Crippen molar-refractivity contribution < 1.29 is 8.42 Å². The fourth-order valence-corrected chi connectivity index (χ4v) is 3.84. The first-order chi connectivity index (χ1) is 6.98. The van der Waals surface area contributed by atoms with E-state index in [1.807, 2.05) is 13.8 Å². The Morgan fingerprint density at radius 3 is 2.33 bits per heavy atom. The maximum atomic E-state index is 11.9. The quantitative estimate of drug-likeness (QED) is 0.766. The molecule has 0 saturated carbocycles. The maximum absolute atomic E-state index is 11.9. The molecule has 1 aromatic carbocycles. The number of hydrogen-bond acceptors (Lipinski definition) is 4. The number of thiocarbonyl (C=S) groups is 1. The molecule has 0 unspecified atom stereocenters. The van der Waals surface area contributed by atoms with Crippen LogP contribution in [-0.2, 0) is 9.84 Å². The van der Waals surface area contributed by atoms with Crippen molar-refractivity contribution in [3.05, 3.63) is 29.8 Å². The van der Waals surface area contributed by atoms with Gasteiger partial charge in [-0.05, 0) is 24.8 Å². The van der Waals surface area contributed by atoms with Gasteiger partial charge in [-0.1, -0.05) is 36.8 Å². The summed E-state index contributed by atoms with van der Waals surface area (Å²) in [5, 5.41) is 0. The summed E-state index contributed by atoms with van der Waals surface area (Å²) < 4.78 is 23.8. The van der Waals surface area contributed by atoms with Crippen molar-refractivity contribution in [3.8, 4) is 0 Å². The number of rotatable bonds is 2. The van der Waals surface area contributed by atoms with Crippen LogP contribution >= 0.6 is 24.0 Å². The minimum Gasteiger partial charge on any atom is -0.217 e. The molecule has 0 amide bonds. The molecule has 0 aliphatic carbocycles. The lowest BCUT2D eigenvalue weighted by molar-refractivity contribution is 0.608. The molecule has 15 heavy (non-hydrogen) atoms. The molecule has 0 atom stereocenters. The second-order valence-corrected chi connectivity index (χ2v) is 7.34. The minimum atomic E-state index is -3.42. The Morgan fingerprint density at radius 2 is 1.87 bits per heavy atom. The zero-order valence-corrected chi connectivity index (χ0v) is 11.0. The first-order valence-electron chi connectivity index (χ1n) is 4.47. The van der Waals surface area contributed by atoms with Gasteiger partial charge in [0.2, 0.25) is 9.84 Å². The van der Waals surface area contributed by atoms with Crippen molar-refractivity contribution in [2.24, 2.45) is 0 Å². The van der Waals surface area contributed by atoms with Gasteiger partial charge in [-0.15, -0.1) is 11.8 Å². The first kappa shape index (κ1) is 12.7. The smallest absolute Gasteiger partial charge is 0.217 e. The van der Waals surface area contributed by atoms with E-state index in [0.717, 1.165) is 5.56 Å². The second kappa shape index (κ2) is 5.09. The minimum absolute atomic E-state index is 0.0499. The van der Waals surface area contributed by atoms with Crippen molar-refractivity contribution >= 4 is 37.3 Å². The third-order valence-corrected chi connectivity index (χ3v) is 5.69. The summed E-state index contributed by atoms with van der Waals surface area (Å²) in [5.74, 6) is 0.671. The van der Waals surface area contributed by atoms with Gasteiger partial charge in [-0.25, -0.2) is 8.42 Å². The van der Waals surface area contributed by atoms with Crippen molar-refractivity contribution in [3.63, 3.8) is 0 Å². The molecule has 2 nitrogen and oxygen atoms in total. The molecule has 0 radical (unpaired) electrons. The molecular weight excluding hydrogens is 248 g/mol. The van der Waals surface area contributed by atoms with Crippen LogP contribution in [0.5, 0.6) is 0 Å². The first-order valence-corrected chi connectivity index (χ1v) is 7.34. The van der Waals surface area contributed by atoms with Crippen LogP contribution in [-0.4, -0.2) is 17.7 Å². The van der Waals surface area contributed by atoms with Crippen LogP contribution in [0.25, 0.3) is 0 Å². The van der Waals surface area contributed by atoms with Gasteiger partial charge in [0.1, 0.15) is 0 Å². The monoisotopic (exact) mass is 260 g/mol. The van der Waals surface area contributed by atoms with E-state index in [1.165, 1.54) is 11.8 Å². The summed E-state index contributed by atoms with van der Waals surface area (Å²) in [6.45, 7) is 3.79. The predicted molar refractivity (Wildman–Crippen MR) is 69.1 cm³/mol. The summed E-state index contributed by atoms with van der Waals surface area (Å²) >= 11 is 6.06. The standard InChI is InChI=1S/C10H12O2S3/c1-3-14-10(13)15(11,12)9-6-4-8(2)5-7-9/h4-7H,3H2,1-2H3. The van der Waals surface area contributed by atoms with E-state index in [1.54, 1.807) is 24.3 Å². The van der Waals surface area contributed by atoms with E-state index in [9.17, 15) is 8.42 Å². The molecular formula is C10H12O2S3. The zero-order chi connectivity index (χ0) is 11.5. The van der Waals surface area contributed by atoms with Crippen molar-refractivity contribution in [1.29, 1.82) is 0 Å². The molecule has 5 heteroatoms. The molecule has 0 aliphatic rings. The number of thioether (sulfide) groups is 1. The van der Waals surface area contributed by atoms with Gasteiger partial charge in [0.15, 0.2) is 3.53 Å². The zero-order valence-electron chi connectivity index (χ0n) is 8.56. The lowest BCUT2D eigenvalue weighted by Crippen LogP contribution is -2.09. The Hall–Kier alpha value is -0.390. The highest BCUT2D eigenvalue weighted by Gasteiger charge is 2.20.